The fourth-order valence-corrected chi connectivity index (χ4v) is 6.00. The van der Waals surface area contributed by atoms with E-state index in [1.807, 2.05) is 0 Å². The van der Waals surface area contributed by atoms with Crippen LogP contribution in [-0.4, -0.2) is 28.2 Å². The van der Waals surface area contributed by atoms with Crippen molar-refractivity contribution in [1.82, 2.24) is 14.9 Å². The number of hydrogen-bond donors (Lipinski definition) is 1. The van der Waals surface area contributed by atoms with Gasteiger partial charge in [-0.25, -0.2) is 9.37 Å². The van der Waals surface area contributed by atoms with E-state index in [1.165, 1.54) is 25.0 Å². The number of carbonyl (C=O) groups is 1. The van der Waals surface area contributed by atoms with Crippen molar-refractivity contribution in [1.29, 1.82) is 0 Å². The predicted octanol–water partition coefficient (Wildman–Crippen LogP) is 5.92. The molecule has 2 saturated carbocycles. The van der Waals surface area contributed by atoms with Crippen molar-refractivity contribution in [3.8, 4) is 0 Å². The topological polar surface area (TPSA) is 46.9 Å². The van der Waals surface area contributed by atoms with E-state index in [1.54, 1.807) is 23.0 Å². The molecule has 0 bridgehead atoms. The summed E-state index contributed by atoms with van der Waals surface area (Å²) in [7, 11) is 0. The third-order valence-corrected chi connectivity index (χ3v) is 7.35. The number of nitrogens with zero attached hydrogens (tertiary/aromatic N) is 2. The van der Waals surface area contributed by atoms with Gasteiger partial charge in [-0.15, -0.1) is 0 Å². The van der Waals surface area contributed by atoms with Gasteiger partial charge in [0.25, 0.3) is 5.91 Å². The lowest BCUT2D eigenvalue weighted by molar-refractivity contribution is -0.137. The van der Waals surface area contributed by atoms with Gasteiger partial charge in [0.1, 0.15) is 12.3 Å². The maximum absolute atomic E-state index is 13.2. The molecule has 2 aliphatic carbocycles. The quantitative estimate of drug-likeness (QED) is 0.452. The van der Waals surface area contributed by atoms with Crippen LogP contribution in [0.25, 0.3) is 11.0 Å². The second kappa shape index (κ2) is 8.40. The summed E-state index contributed by atoms with van der Waals surface area (Å²) in [6.45, 7) is 1.73. The molecule has 2 fully saturated rings. The van der Waals surface area contributed by atoms with Crippen molar-refractivity contribution < 1.29 is 22.4 Å². The molecule has 4 nitrogen and oxygen atoms in total. The number of aryl methyl sites for hydroxylation is 1. The molecule has 180 valence electrons. The second-order valence-electron chi connectivity index (χ2n) is 10.1. The van der Waals surface area contributed by atoms with E-state index >= 15 is 0 Å². The van der Waals surface area contributed by atoms with E-state index in [-0.39, 0.29) is 18.5 Å². The van der Waals surface area contributed by atoms with Gasteiger partial charge >= 0.3 is 6.18 Å². The first kappa shape index (κ1) is 22.9. The van der Waals surface area contributed by atoms with Gasteiger partial charge in [0.05, 0.1) is 17.7 Å². The summed E-state index contributed by atoms with van der Waals surface area (Å²) in [5, 5.41) is 3.76. The number of benzene rings is 1. The van der Waals surface area contributed by atoms with Crippen LogP contribution in [0.3, 0.4) is 0 Å². The molecule has 0 unspecified atom stereocenters. The lowest BCUT2D eigenvalue weighted by Crippen LogP contribution is -2.55. The molecule has 1 aromatic carbocycles. The SMILES string of the molecule is CC1CC2(C1)CC(NC(=O)c1cn(CCF)c3nccc(Cc4ccc(C(F)(F)F)cc4)c13)C2. The van der Waals surface area contributed by atoms with Crippen molar-refractivity contribution in [2.75, 3.05) is 6.67 Å². The molecule has 2 heterocycles. The number of hydrogen-bond acceptors (Lipinski definition) is 2. The molecule has 8 heteroatoms. The lowest BCUT2D eigenvalue weighted by atomic mass is 9.50. The maximum Gasteiger partial charge on any atom is 0.416 e. The first-order valence-electron chi connectivity index (χ1n) is 11.7. The van der Waals surface area contributed by atoms with E-state index in [0.29, 0.717) is 34.0 Å². The minimum Gasteiger partial charge on any atom is -0.349 e. The zero-order valence-electron chi connectivity index (χ0n) is 19.0. The van der Waals surface area contributed by atoms with E-state index < -0.39 is 18.4 Å². The van der Waals surface area contributed by atoms with Crippen molar-refractivity contribution in [3.63, 3.8) is 0 Å². The van der Waals surface area contributed by atoms with Gasteiger partial charge in [-0.05, 0) is 72.8 Å². The Hall–Kier alpha value is -2.90. The monoisotopic (exact) mass is 473 g/mol. The third kappa shape index (κ3) is 4.18. The van der Waals surface area contributed by atoms with Gasteiger partial charge in [0.2, 0.25) is 0 Å². The molecule has 1 spiro atoms. The number of carbonyl (C=O) groups excluding carboxylic acids is 1. The number of amides is 1. The smallest absolute Gasteiger partial charge is 0.349 e. The molecule has 0 saturated heterocycles. The normalized spacial score (nSPS) is 24.1. The molecule has 34 heavy (non-hydrogen) atoms. The number of fused-ring (bicyclic) bond motifs is 1. The Balaban J connectivity index is 1.42. The molecular weight excluding hydrogens is 446 g/mol. The van der Waals surface area contributed by atoms with E-state index in [2.05, 4.69) is 17.2 Å². The average Bonchev–Trinajstić information content (AvgIpc) is 3.11. The van der Waals surface area contributed by atoms with Gasteiger partial charge in [-0.3, -0.25) is 4.79 Å². The van der Waals surface area contributed by atoms with Crippen LogP contribution in [0.2, 0.25) is 0 Å². The molecule has 1 N–H and O–H groups in total. The summed E-state index contributed by atoms with van der Waals surface area (Å²) < 4.78 is 53.6. The van der Waals surface area contributed by atoms with Crippen LogP contribution in [0.4, 0.5) is 17.6 Å². The Morgan fingerprint density at radius 1 is 1.15 bits per heavy atom. The molecule has 0 radical (unpaired) electrons. The standard InChI is InChI=1S/C26H27F4N3O/c1-16-11-25(12-16)13-20(14-25)32-24(34)21-15-33(9-7-27)23-22(21)18(6-8-31-23)10-17-2-4-19(5-3-17)26(28,29)30/h2-6,8,15-16,20H,7,9-14H2,1H3,(H,32,34). The van der Waals surface area contributed by atoms with Gasteiger partial charge in [0, 0.05) is 23.8 Å². The van der Waals surface area contributed by atoms with Crippen LogP contribution >= 0.6 is 0 Å². The number of aromatic nitrogens is 2. The highest BCUT2D eigenvalue weighted by atomic mass is 19.4. The molecule has 2 aliphatic rings. The summed E-state index contributed by atoms with van der Waals surface area (Å²) in [6, 6.07) is 6.91. The van der Waals surface area contributed by atoms with E-state index in [4.69, 9.17) is 0 Å². The minimum absolute atomic E-state index is 0.0743. The summed E-state index contributed by atoms with van der Waals surface area (Å²) in [4.78, 5) is 17.6. The van der Waals surface area contributed by atoms with Crippen LogP contribution in [-0.2, 0) is 19.1 Å². The fraction of sp³-hybridized carbons (Fsp3) is 0.462. The fourth-order valence-electron chi connectivity index (χ4n) is 6.00. The number of alkyl halides is 4. The Morgan fingerprint density at radius 2 is 1.85 bits per heavy atom. The van der Waals surface area contributed by atoms with Crippen LogP contribution in [0.5, 0.6) is 0 Å². The summed E-state index contributed by atoms with van der Waals surface area (Å²) in [5.74, 6) is 0.547. The van der Waals surface area contributed by atoms with Crippen molar-refractivity contribution >= 4 is 16.9 Å². The van der Waals surface area contributed by atoms with Crippen LogP contribution in [0.1, 0.15) is 59.7 Å². The van der Waals surface area contributed by atoms with E-state index in [9.17, 15) is 22.4 Å². The first-order chi connectivity index (χ1) is 16.2. The Morgan fingerprint density at radius 3 is 2.47 bits per heavy atom. The van der Waals surface area contributed by atoms with Crippen LogP contribution in [0, 0.1) is 11.3 Å². The summed E-state index contributed by atoms with van der Waals surface area (Å²) >= 11 is 0. The molecule has 5 rings (SSSR count). The molecule has 0 aliphatic heterocycles. The number of nitrogens with one attached hydrogen (secondary N) is 1. The van der Waals surface area contributed by atoms with Gasteiger partial charge < -0.3 is 9.88 Å². The molecule has 0 atom stereocenters. The summed E-state index contributed by atoms with van der Waals surface area (Å²) in [6.07, 6.45) is 3.59. The highest BCUT2D eigenvalue weighted by Gasteiger charge is 2.51. The van der Waals surface area contributed by atoms with Crippen LogP contribution in [0.15, 0.2) is 42.7 Å². The number of rotatable bonds is 6. The number of halogens is 4. The predicted molar refractivity (Wildman–Crippen MR) is 121 cm³/mol. The Kier molecular flexibility index (Phi) is 5.65. The minimum atomic E-state index is -4.39. The molecule has 3 aromatic rings. The average molecular weight is 474 g/mol. The van der Waals surface area contributed by atoms with Gasteiger partial charge in [-0.2, -0.15) is 13.2 Å². The van der Waals surface area contributed by atoms with Crippen molar-refractivity contribution in [3.05, 3.63) is 65.0 Å². The summed E-state index contributed by atoms with van der Waals surface area (Å²) in [5.41, 5.74) is 2.08. The first-order valence-corrected chi connectivity index (χ1v) is 11.7. The van der Waals surface area contributed by atoms with Gasteiger partial charge in [0.15, 0.2) is 0 Å². The second-order valence-corrected chi connectivity index (χ2v) is 10.1. The zero-order chi connectivity index (χ0) is 24.1. The molecule has 2 aromatic heterocycles. The van der Waals surface area contributed by atoms with Crippen molar-refractivity contribution in [2.24, 2.45) is 11.3 Å². The molecular formula is C26H27F4N3O. The van der Waals surface area contributed by atoms with Crippen LogP contribution < -0.4 is 5.32 Å². The van der Waals surface area contributed by atoms with Gasteiger partial charge in [-0.1, -0.05) is 19.1 Å². The zero-order valence-corrected chi connectivity index (χ0v) is 19.0. The highest BCUT2D eigenvalue weighted by Crippen LogP contribution is 2.58. The Labute approximate surface area is 195 Å². The maximum atomic E-state index is 13.2. The highest BCUT2D eigenvalue weighted by molar-refractivity contribution is 6.07. The van der Waals surface area contributed by atoms with Crippen molar-refractivity contribution in [2.45, 2.75) is 57.8 Å². The largest absolute Gasteiger partial charge is 0.416 e. The van der Waals surface area contributed by atoms with E-state index in [0.717, 1.165) is 36.5 Å². The number of pyridine rings is 1. The lowest BCUT2D eigenvalue weighted by Gasteiger charge is -2.57. The third-order valence-electron chi connectivity index (χ3n) is 7.35. The Bertz CT molecular complexity index is 1200. The molecule has 1 amide bonds.